The molecule has 2 amide bonds. The Kier molecular flexibility index (Phi) is 8.32. The Balaban J connectivity index is 2.10. The lowest BCUT2D eigenvalue weighted by molar-refractivity contribution is -0.144. The van der Waals surface area contributed by atoms with Crippen LogP contribution >= 0.6 is 15.9 Å². The summed E-state index contributed by atoms with van der Waals surface area (Å²) in [6, 6.07) is 9.39. The second-order valence-electron chi connectivity index (χ2n) is 7.22. The predicted octanol–water partition coefficient (Wildman–Crippen LogP) is 2.10. The van der Waals surface area contributed by atoms with Crippen molar-refractivity contribution in [2.24, 2.45) is 5.41 Å². The molecule has 0 bridgehead atoms. The second-order valence-corrected chi connectivity index (χ2v) is 8.01. The molecule has 0 heterocycles. The smallest absolute Gasteiger partial charge is 0.426 e. The predicted molar refractivity (Wildman–Crippen MR) is 109 cm³/mol. The number of alkyl halides is 1. The van der Waals surface area contributed by atoms with Gasteiger partial charge in [-0.1, -0.05) is 59.1 Å². The van der Waals surface area contributed by atoms with Crippen molar-refractivity contribution in [2.75, 3.05) is 5.33 Å². The fraction of sp³-hybridized carbons (Fsp3) is 0.579. The normalized spacial score (nSPS) is 17.8. The molecular formula is C19H28BBrN2O4. The molecule has 27 heavy (non-hydrogen) atoms. The number of amides is 2. The number of hydrogen-bond donors (Lipinski definition) is 4. The van der Waals surface area contributed by atoms with E-state index in [1.807, 2.05) is 37.3 Å². The number of carbonyl (C=O) groups excluding carboxylic acids is 2. The Morgan fingerprint density at radius 2 is 1.74 bits per heavy atom. The zero-order valence-corrected chi connectivity index (χ0v) is 17.2. The molecular weight excluding hydrogens is 411 g/mol. The van der Waals surface area contributed by atoms with Crippen LogP contribution in [0.25, 0.3) is 0 Å². The summed E-state index contributed by atoms with van der Waals surface area (Å²) in [7, 11) is -1.65. The maximum absolute atomic E-state index is 13.1. The summed E-state index contributed by atoms with van der Waals surface area (Å²) >= 11 is 3.30. The van der Waals surface area contributed by atoms with Gasteiger partial charge >= 0.3 is 7.12 Å². The summed E-state index contributed by atoms with van der Waals surface area (Å²) in [5, 5.41) is 25.5. The standard InChI is InChI=1S/C19H28BBrN2O4/c1-14(15-8-3-2-4-9-15)22-17(24)19(11-5-6-12-19)18(25)23-16(20(26)27)10-7-13-21/h2-4,8-9,14,16,26-27H,5-7,10-13H2,1H3,(H,22,24)(H,23,25)/t14?,16-/m0/s1. The van der Waals surface area contributed by atoms with Crippen molar-refractivity contribution in [1.82, 2.24) is 10.6 Å². The molecule has 6 nitrogen and oxygen atoms in total. The largest absolute Gasteiger partial charge is 0.475 e. The Labute approximate surface area is 169 Å². The minimum absolute atomic E-state index is 0.211. The lowest BCUT2D eigenvalue weighted by Gasteiger charge is -2.30. The van der Waals surface area contributed by atoms with Crippen molar-refractivity contribution in [3.63, 3.8) is 0 Å². The molecule has 4 N–H and O–H groups in total. The third-order valence-electron chi connectivity index (χ3n) is 5.30. The van der Waals surface area contributed by atoms with Gasteiger partial charge in [-0.3, -0.25) is 9.59 Å². The number of halogens is 1. The third kappa shape index (κ3) is 5.56. The maximum Gasteiger partial charge on any atom is 0.475 e. The second kappa shape index (κ2) is 10.2. The fourth-order valence-corrected chi connectivity index (χ4v) is 3.92. The highest BCUT2D eigenvalue weighted by molar-refractivity contribution is 9.09. The van der Waals surface area contributed by atoms with Gasteiger partial charge < -0.3 is 20.7 Å². The van der Waals surface area contributed by atoms with Crippen LogP contribution in [-0.4, -0.2) is 40.3 Å². The molecule has 1 unspecified atom stereocenters. The van der Waals surface area contributed by atoms with Crippen LogP contribution in [0.2, 0.25) is 0 Å². The average molecular weight is 439 g/mol. The van der Waals surface area contributed by atoms with E-state index in [1.54, 1.807) is 0 Å². The number of carbonyl (C=O) groups is 2. The summed E-state index contributed by atoms with van der Waals surface area (Å²) < 4.78 is 0. The highest BCUT2D eigenvalue weighted by atomic mass is 79.9. The molecule has 2 atom stereocenters. The molecule has 0 aromatic heterocycles. The van der Waals surface area contributed by atoms with Gasteiger partial charge in [0.05, 0.1) is 12.0 Å². The first-order valence-electron chi connectivity index (χ1n) is 9.49. The lowest BCUT2D eigenvalue weighted by atomic mass is 9.75. The molecule has 1 aromatic carbocycles. The Morgan fingerprint density at radius 1 is 1.15 bits per heavy atom. The zero-order chi connectivity index (χ0) is 19.9. The molecule has 2 rings (SSSR count). The van der Waals surface area contributed by atoms with E-state index in [4.69, 9.17) is 0 Å². The van der Waals surface area contributed by atoms with E-state index in [0.29, 0.717) is 31.0 Å². The number of benzene rings is 1. The van der Waals surface area contributed by atoms with E-state index in [1.165, 1.54) is 0 Å². The van der Waals surface area contributed by atoms with Gasteiger partial charge in [-0.25, -0.2) is 0 Å². The minimum Gasteiger partial charge on any atom is -0.426 e. The molecule has 148 valence electrons. The van der Waals surface area contributed by atoms with E-state index in [0.717, 1.165) is 18.4 Å². The van der Waals surface area contributed by atoms with E-state index in [-0.39, 0.29) is 11.9 Å². The Hall–Kier alpha value is -1.38. The van der Waals surface area contributed by atoms with Gasteiger partial charge in [0.25, 0.3) is 0 Å². The summed E-state index contributed by atoms with van der Waals surface area (Å²) in [6.45, 7) is 1.89. The van der Waals surface area contributed by atoms with Gasteiger partial charge in [-0.05, 0) is 38.2 Å². The fourth-order valence-electron chi connectivity index (χ4n) is 3.59. The van der Waals surface area contributed by atoms with Crippen LogP contribution in [-0.2, 0) is 9.59 Å². The highest BCUT2D eigenvalue weighted by Crippen LogP contribution is 2.39. The first-order valence-corrected chi connectivity index (χ1v) is 10.6. The van der Waals surface area contributed by atoms with E-state index in [9.17, 15) is 19.6 Å². The van der Waals surface area contributed by atoms with Gasteiger partial charge in [0.15, 0.2) is 0 Å². The third-order valence-corrected chi connectivity index (χ3v) is 5.86. The zero-order valence-electron chi connectivity index (χ0n) is 15.7. The van der Waals surface area contributed by atoms with Gasteiger partial charge in [0.1, 0.15) is 5.41 Å². The van der Waals surface area contributed by atoms with Crippen molar-refractivity contribution in [3.8, 4) is 0 Å². The molecule has 1 fully saturated rings. The number of nitrogens with one attached hydrogen (secondary N) is 2. The van der Waals surface area contributed by atoms with E-state index < -0.39 is 24.4 Å². The number of rotatable bonds is 9. The molecule has 1 aliphatic rings. The van der Waals surface area contributed by atoms with Crippen molar-refractivity contribution in [3.05, 3.63) is 35.9 Å². The van der Waals surface area contributed by atoms with Crippen molar-refractivity contribution in [1.29, 1.82) is 0 Å². The summed E-state index contributed by atoms with van der Waals surface area (Å²) in [6.07, 6.45) is 3.65. The van der Waals surface area contributed by atoms with Crippen LogP contribution in [0.15, 0.2) is 30.3 Å². The van der Waals surface area contributed by atoms with E-state index in [2.05, 4.69) is 26.6 Å². The van der Waals surface area contributed by atoms with Crippen LogP contribution in [0, 0.1) is 5.41 Å². The molecule has 0 aliphatic heterocycles. The molecule has 1 aromatic rings. The maximum atomic E-state index is 13.1. The quantitative estimate of drug-likeness (QED) is 0.269. The SMILES string of the molecule is CC(NC(=O)C1(C(=O)N[C@@H](CCCBr)B(O)O)CCCC1)c1ccccc1. The van der Waals surface area contributed by atoms with Crippen LogP contribution in [0.1, 0.15) is 57.1 Å². The summed E-state index contributed by atoms with van der Waals surface area (Å²) in [4.78, 5) is 26.1. The van der Waals surface area contributed by atoms with Gasteiger partial charge in [-0.2, -0.15) is 0 Å². The topological polar surface area (TPSA) is 98.7 Å². The Bertz CT molecular complexity index is 623. The molecule has 0 spiro atoms. The molecule has 0 radical (unpaired) electrons. The summed E-state index contributed by atoms with van der Waals surface area (Å²) in [5.41, 5.74) is -0.176. The highest BCUT2D eigenvalue weighted by Gasteiger charge is 2.49. The van der Waals surface area contributed by atoms with Crippen molar-refractivity contribution in [2.45, 2.75) is 57.4 Å². The van der Waals surface area contributed by atoms with E-state index >= 15 is 0 Å². The average Bonchev–Trinajstić information content (AvgIpc) is 3.16. The Morgan fingerprint density at radius 3 is 2.30 bits per heavy atom. The van der Waals surface area contributed by atoms with Crippen molar-refractivity contribution >= 4 is 34.9 Å². The monoisotopic (exact) mass is 438 g/mol. The number of hydrogen-bond acceptors (Lipinski definition) is 4. The summed E-state index contributed by atoms with van der Waals surface area (Å²) in [5.74, 6) is -1.49. The van der Waals surface area contributed by atoms with Crippen molar-refractivity contribution < 1.29 is 19.6 Å². The van der Waals surface area contributed by atoms with Crippen LogP contribution in [0.4, 0.5) is 0 Å². The lowest BCUT2D eigenvalue weighted by Crippen LogP contribution is -2.56. The van der Waals surface area contributed by atoms with Crippen LogP contribution in [0.5, 0.6) is 0 Å². The molecule has 1 saturated carbocycles. The minimum atomic E-state index is -1.65. The molecule has 8 heteroatoms. The van der Waals surface area contributed by atoms with Gasteiger partial charge in [-0.15, -0.1) is 0 Å². The molecule has 1 aliphatic carbocycles. The first-order chi connectivity index (χ1) is 12.9. The van der Waals surface area contributed by atoms with Crippen LogP contribution in [0.3, 0.4) is 0 Å². The van der Waals surface area contributed by atoms with Gasteiger partial charge in [0.2, 0.25) is 11.8 Å². The first kappa shape index (κ1) is 21.9. The van der Waals surface area contributed by atoms with Gasteiger partial charge in [0, 0.05) is 5.33 Å². The molecule has 0 saturated heterocycles. The van der Waals surface area contributed by atoms with Crippen LogP contribution < -0.4 is 10.6 Å².